The van der Waals surface area contributed by atoms with Crippen molar-refractivity contribution in [2.24, 2.45) is 0 Å². The molecule has 2 atom stereocenters. The Kier molecular flexibility index (Phi) is 7.73. The van der Waals surface area contributed by atoms with Crippen LogP contribution in [-0.4, -0.2) is 43.2 Å². The van der Waals surface area contributed by atoms with E-state index in [9.17, 15) is 14.9 Å². The number of rotatable bonds is 6. The van der Waals surface area contributed by atoms with Gasteiger partial charge in [-0.05, 0) is 32.4 Å². The average molecular weight is 360 g/mol. The van der Waals surface area contributed by atoms with Gasteiger partial charge in [0.25, 0.3) is 5.91 Å². The SMILES string of the molecule is COc1cc(OCC(=O)NC2CCNC(C)C2)ccc1[N+](=O)[O-].Cl. The maximum absolute atomic E-state index is 11.9. The number of piperidine rings is 1. The molecule has 1 saturated heterocycles. The van der Waals surface area contributed by atoms with E-state index in [1.54, 1.807) is 0 Å². The molecule has 0 radical (unpaired) electrons. The summed E-state index contributed by atoms with van der Waals surface area (Å²) in [5, 5.41) is 17.1. The minimum Gasteiger partial charge on any atom is -0.490 e. The first-order valence-electron chi connectivity index (χ1n) is 7.47. The molecule has 2 unspecified atom stereocenters. The first-order valence-corrected chi connectivity index (χ1v) is 7.47. The van der Waals surface area contributed by atoms with Crippen molar-refractivity contribution >= 4 is 24.0 Å². The first kappa shape index (κ1) is 20.0. The number of hydrogen-bond donors (Lipinski definition) is 2. The smallest absolute Gasteiger partial charge is 0.311 e. The fourth-order valence-electron chi connectivity index (χ4n) is 2.58. The number of nitrogens with zero attached hydrogens (tertiary/aromatic N) is 1. The van der Waals surface area contributed by atoms with Gasteiger partial charge in [0.05, 0.1) is 12.0 Å². The van der Waals surface area contributed by atoms with Crippen LogP contribution in [0.4, 0.5) is 5.69 Å². The monoisotopic (exact) mass is 359 g/mol. The van der Waals surface area contributed by atoms with Gasteiger partial charge in [0.2, 0.25) is 5.75 Å². The minimum absolute atomic E-state index is 0. The third-order valence-electron chi connectivity index (χ3n) is 3.71. The Labute approximate surface area is 146 Å². The second-order valence-electron chi connectivity index (χ2n) is 5.52. The van der Waals surface area contributed by atoms with Crippen LogP contribution in [0.3, 0.4) is 0 Å². The third kappa shape index (κ3) is 5.54. The Morgan fingerprint density at radius 1 is 1.50 bits per heavy atom. The van der Waals surface area contributed by atoms with E-state index < -0.39 is 4.92 Å². The highest BCUT2D eigenvalue weighted by Gasteiger charge is 2.20. The van der Waals surface area contributed by atoms with Crippen molar-refractivity contribution in [2.75, 3.05) is 20.3 Å². The number of methoxy groups -OCH3 is 1. The Morgan fingerprint density at radius 3 is 2.88 bits per heavy atom. The quantitative estimate of drug-likeness (QED) is 0.591. The van der Waals surface area contributed by atoms with Gasteiger partial charge in [0.1, 0.15) is 5.75 Å². The number of nitro benzene ring substituents is 1. The average Bonchev–Trinajstić information content (AvgIpc) is 2.52. The number of benzene rings is 1. The zero-order valence-corrected chi connectivity index (χ0v) is 14.4. The highest BCUT2D eigenvalue weighted by atomic mass is 35.5. The van der Waals surface area contributed by atoms with Gasteiger partial charge in [-0.25, -0.2) is 0 Å². The number of ether oxygens (including phenoxy) is 2. The van der Waals surface area contributed by atoms with Crippen molar-refractivity contribution < 1.29 is 19.2 Å². The van der Waals surface area contributed by atoms with E-state index >= 15 is 0 Å². The number of amides is 1. The second-order valence-corrected chi connectivity index (χ2v) is 5.52. The Balaban J connectivity index is 0.00000288. The van der Waals surface area contributed by atoms with E-state index in [2.05, 4.69) is 17.6 Å². The van der Waals surface area contributed by atoms with Gasteiger partial charge in [-0.3, -0.25) is 14.9 Å². The van der Waals surface area contributed by atoms with Crippen LogP contribution in [0.1, 0.15) is 19.8 Å². The summed E-state index contributed by atoms with van der Waals surface area (Å²) in [6, 6.07) is 4.67. The maximum Gasteiger partial charge on any atom is 0.311 e. The summed E-state index contributed by atoms with van der Waals surface area (Å²) in [4.78, 5) is 22.2. The van der Waals surface area contributed by atoms with Crippen LogP contribution in [0.2, 0.25) is 0 Å². The predicted octanol–water partition coefficient (Wildman–Crippen LogP) is 1.66. The van der Waals surface area contributed by atoms with Crippen molar-refractivity contribution in [1.29, 1.82) is 0 Å². The molecule has 1 aliphatic rings. The number of halogens is 1. The topological polar surface area (TPSA) is 103 Å². The molecule has 8 nitrogen and oxygen atoms in total. The number of nitro groups is 1. The van der Waals surface area contributed by atoms with Gasteiger partial charge in [0.15, 0.2) is 6.61 Å². The van der Waals surface area contributed by atoms with Gasteiger partial charge in [-0.15, -0.1) is 12.4 Å². The highest BCUT2D eigenvalue weighted by molar-refractivity contribution is 5.85. The lowest BCUT2D eigenvalue weighted by atomic mass is 10.0. The lowest BCUT2D eigenvalue weighted by molar-refractivity contribution is -0.385. The van der Waals surface area contributed by atoms with Crippen LogP contribution in [0.15, 0.2) is 18.2 Å². The fourth-order valence-corrected chi connectivity index (χ4v) is 2.58. The third-order valence-corrected chi connectivity index (χ3v) is 3.71. The fraction of sp³-hybridized carbons (Fsp3) is 0.533. The summed E-state index contributed by atoms with van der Waals surface area (Å²) in [7, 11) is 1.34. The molecular weight excluding hydrogens is 338 g/mol. The number of hydrogen-bond acceptors (Lipinski definition) is 6. The van der Waals surface area contributed by atoms with E-state index in [4.69, 9.17) is 9.47 Å². The van der Waals surface area contributed by atoms with Crippen LogP contribution in [0.25, 0.3) is 0 Å². The highest BCUT2D eigenvalue weighted by Crippen LogP contribution is 2.30. The molecule has 9 heteroatoms. The molecule has 1 aliphatic heterocycles. The van der Waals surface area contributed by atoms with Crippen molar-refractivity contribution in [2.45, 2.75) is 31.8 Å². The van der Waals surface area contributed by atoms with Crippen LogP contribution in [0, 0.1) is 10.1 Å². The van der Waals surface area contributed by atoms with Gasteiger partial charge in [-0.1, -0.05) is 0 Å². The van der Waals surface area contributed by atoms with E-state index in [-0.39, 0.29) is 42.4 Å². The van der Waals surface area contributed by atoms with Crippen LogP contribution < -0.4 is 20.1 Å². The summed E-state index contributed by atoms with van der Waals surface area (Å²) in [5.74, 6) is 0.239. The summed E-state index contributed by atoms with van der Waals surface area (Å²) >= 11 is 0. The van der Waals surface area contributed by atoms with Crippen molar-refractivity contribution in [3.05, 3.63) is 28.3 Å². The van der Waals surface area contributed by atoms with E-state index in [1.165, 1.54) is 25.3 Å². The Hall–Kier alpha value is -2.06. The molecule has 0 aromatic heterocycles. The van der Waals surface area contributed by atoms with Gasteiger partial charge in [0, 0.05) is 24.2 Å². The molecule has 1 aromatic rings. The van der Waals surface area contributed by atoms with Crippen molar-refractivity contribution in [1.82, 2.24) is 10.6 Å². The minimum atomic E-state index is -0.534. The molecule has 134 valence electrons. The van der Waals surface area contributed by atoms with Crippen LogP contribution in [0.5, 0.6) is 11.5 Å². The molecule has 1 fully saturated rings. The zero-order valence-electron chi connectivity index (χ0n) is 13.6. The van der Waals surface area contributed by atoms with Crippen LogP contribution in [-0.2, 0) is 4.79 Å². The summed E-state index contributed by atoms with van der Waals surface area (Å²) in [6.07, 6.45) is 1.78. The molecule has 0 spiro atoms. The van der Waals surface area contributed by atoms with Crippen molar-refractivity contribution in [3.8, 4) is 11.5 Å². The van der Waals surface area contributed by atoms with E-state index in [0.717, 1.165) is 19.4 Å². The largest absolute Gasteiger partial charge is 0.490 e. The maximum atomic E-state index is 11.9. The number of nitrogens with one attached hydrogen (secondary N) is 2. The van der Waals surface area contributed by atoms with Gasteiger partial charge < -0.3 is 20.1 Å². The second kappa shape index (κ2) is 9.29. The van der Waals surface area contributed by atoms with E-state index in [0.29, 0.717) is 11.8 Å². The summed E-state index contributed by atoms with van der Waals surface area (Å²) in [6.45, 7) is 2.82. The number of carbonyl (C=O) groups excluding carboxylic acids is 1. The van der Waals surface area contributed by atoms with Gasteiger partial charge in [-0.2, -0.15) is 0 Å². The number of carbonyl (C=O) groups is 1. The van der Waals surface area contributed by atoms with Crippen LogP contribution >= 0.6 is 12.4 Å². The normalized spacial score (nSPS) is 19.8. The lowest BCUT2D eigenvalue weighted by Gasteiger charge is -2.28. The standard InChI is InChI=1S/C15H21N3O5.ClH/c1-10-7-11(5-6-16-10)17-15(19)9-23-12-3-4-13(18(20)21)14(8-12)22-2;/h3-4,8,10-11,16H,5-7,9H2,1-2H3,(H,17,19);1H. The molecular formula is C15H22ClN3O5. The predicted molar refractivity (Wildman–Crippen MR) is 91.0 cm³/mol. The van der Waals surface area contributed by atoms with Gasteiger partial charge >= 0.3 is 5.69 Å². The molecule has 1 amide bonds. The van der Waals surface area contributed by atoms with E-state index in [1.807, 2.05) is 0 Å². The first-order chi connectivity index (χ1) is 11.0. The Bertz CT molecular complexity index is 584. The molecule has 2 N–H and O–H groups in total. The summed E-state index contributed by atoms with van der Waals surface area (Å²) in [5.41, 5.74) is -0.145. The van der Waals surface area contributed by atoms with Crippen molar-refractivity contribution in [3.63, 3.8) is 0 Å². The molecule has 2 rings (SSSR count). The lowest BCUT2D eigenvalue weighted by Crippen LogP contribution is -2.47. The molecule has 0 aliphatic carbocycles. The molecule has 1 aromatic carbocycles. The molecule has 0 bridgehead atoms. The Morgan fingerprint density at radius 2 is 2.25 bits per heavy atom. The molecule has 0 saturated carbocycles. The molecule has 1 heterocycles. The zero-order chi connectivity index (χ0) is 16.8. The summed E-state index contributed by atoms with van der Waals surface area (Å²) < 4.78 is 10.3. The molecule has 24 heavy (non-hydrogen) atoms.